The fraction of sp³-hybridized carbons (Fsp3) is 0.586. The lowest BCUT2D eigenvalue weighted by Gasteiger charge is -2.18. The van der Waals surface area contributed by atoms with Crippen molar-refractivity contribution in [2.45, 2.75) is 84.7 Å². The van der Waals surface area contributed by atoms with Gasteiger partial charge in [0.25, 0.3) is 0 Å². The molecule has 0 atom stereocenters. The lowest BCUT2D eigenvalue weighted by molar-refractivity contribution is 0.263. The first-order valence-corrected chi connectivity index (χ1v) is 17.4. The smallest absolute Gasteiger partial charge is 0.161 e. The van der Waals surface area contributed by atoms with Crippen LogP contribution >= 0.6 is 0 Å². The van der Waals surface area contributed by atoms with Gasteiger partial charge in [-0.3, -0.25) is 0 Å². The van der Waals surface area contributed by atoms with Crippen molar-refractivity contribution in [3.63, 3.8) is 0 Å². The molecule has 0 aliphatic rings. The van der Waals surface area contributed by atoms with E-state index in [9.17, 15) is 0 Å². The zero-order chi connectivity index (χ0) is 25.1. The fourth-order valence-corrected chi connectivity index (χ4v) is 9.20. The van der Waals surface area contributed by atoms with Gasteiger partial charge < -0.3 is 18.9 Å². The summed E-state index contributed by atoms with van der Waals surface area (Å²) in [7, 11) is -0.959. The quantitative estimate of drug-likeness (QED) is 0.182. The Balaban J connectivity index is 2.12. The van der Waals surface area contributed by atoms with Crippen LogP contribution in [0.2, 0.25) is 5.67 Å². The van der Waals surface area contributed by atoms with Crippen molar-refractivity contribution in [3.05, 3.63) is 36.4 Å². The zero-order valence-electron chi connectivity index (χ0n) is 22.7. The minimum Gasteiger partial charge on any atom is -0.490 e. The van der Waals surface area contributed by atoms with Gasteiger partial charge in [0.05, 0.1) is 45.5 Å². The number of hydrogen-bond acceptors (Lipinski definition) is 4. The van der Waals surface area contributed by atoms with Gasteiger partial charge in [-0.05, 0) is 48.2 Å². The molecule has 2 aromatic rings. The summed E-state index contributed by atoms with van der Waals surface area (Å²) < 4.78 is 24.8. The van der Waals surface area contributed by atoms with E-state index < -0.39 is 19.0 Å². The first kappa shape index (κ1) is 29.3. The Kier molecular flexibility index (Phi) is 15.4. The molecule has 0 spiro atoms. The third-order valence-electron chi connectivity index (χ3n) is 6.01. The van der Waals surface area contributed by atoms with E-state index in [1.54, 1.807) is 0 Å². The van der Waals surface area contributed by atoms with Crippen molar-refractivity contribution in [2.75, 3.05) is 26.4 Å². The Morgan fingerprint density at radius 1 is 0.514 bits per heavy atom. The minimum atomic E-state index is -0.479. The zero-order valence-corrected chi connectivity index (χ0v) is 25.5. The van der Waals surface area contributed by atoms with Crippen LogP contribution in [-0.2, 0) is 0 Å². The summed E-state index contributed by atoms with van der Waals surface area (Å²) in [4.78, 5) is 0. The Morgan fingerprint density at radius 2 is 0.886 bits per heavy atom. The maximum atomic E-state index is 6.29. The first-order valence-electron chi connectivity index (χ1n) is 14.0. The molecule has 0 aromatic heterocycles. The summed E-state index contributed by atoms with van der Waals surface area (Å²) in [5.41, 5.74) is 1.28. The van der Waals surface area contributed by atoms with E-state index in [1.165, 1.54) is 16.0 Å². The Bertz CT molecular complexity index is 761. The van der Waals surface area contributed by atoms with Crippen LogP contribution in [0.1, 0.15) is 79.1 Å². The molecule has 2 aromatic carbocycles. The van der Waals surface area contributed by atoms with Gasteiger partial charge >= 0.3 is 0 Å². The van der Waals surface area contributed by atoms with Gasteiger partial charge in [0.1, 0.15) is 0 Å². The summed E-state index contributed by atoms with van der Waals surface area (Å²) in [6, 6.07) is 12.9. The lowest BCUT2D eigenvalue weighted by Crippen LogP contribution is -2.25. The number of ether oxygens (including phenoxy) is 4. The summed E-state index contributed by atoms with van der Waals surface area (Å²) in [5.74, 6) is 3.87. The minimum absolute atomic E-state index is 0.479. The van der Waals surface area contributed by atoms with Gasteiger partial charge in [-0.1, -0.05) is 83.3 Å². The predicted octanol–water partition coefficient (Wildman–Crippen LogP) is 5.07. The standard InChI is InChI=1S/C29H48O4Si2/c1-5-9-19-30-24-15-13-17-26(28(24)32-21-11-7-3)34-23-35-27-18-14-16-25(31-20-10-6-2)29(27)33-22-12-8-4/h13-18H,5-12,19-23,34-35H2,1-4H3. The monoisotopic (exact) mass is 516 g/mol. The third-order valence-corrected chi connectivity index (χ3v) is 11.0. The van der Waals surface area contributed by atoms with Crippen LogP contribution < -0.4 is 29.3 Å². The van der Waals surface area contributed by atoms with Gasteiger partial charge in [-0.15, -0.1) is 0 Å². The molecule has 4 nitrogen and oxygen atoms in total. The van der Waals surface area contributed by atoms with Crippen LogP contribution in [0.4, 0.5) is 0 Å². The lowest BCUT2D eigenvalue weighted by atomic mass is 10.3. The Hall–Kier alpha value is -1.93. The molecule has 35 heavy (non-hydrogen) atoms. The summed E-state index contributed by atoms with van der Waals surface area (Å²) in [6.07, 6.45) is 8.82. The number of para-hydroxylation sites is 2. The molecule has 0 amide bonds. The van der Waals surface area contributed by atoms with Gasteiger partial charge in [0.15, 0.2) is 23.0 Å². The summed E-state index contributed by atoms with van der Waals surface area (Å²) in [6.45, 7) is 11.8. The fourth-order valence-electron chi connectivity index (χ4n) is 3.83. The average molecular weight is 517 g/mol. The number of unbranched alkanes of at least 4 members (excludes halogenated alkanes) is 4. The molecule has 0 N–H and O–H groups in total. The molecule has 0 unspecified atom stereocenters. The molecule has 0 heterocycles. The van der Waals surface area contributed by atoms with Crippen LogP contribution in [0.3, 0.4) is 0 Å². The molecule has 0 saturated heterocycles. The SMILES string of the molecule is CCCCOc1cccc([SiH2]C[SiH2]c2cccc(OCCCC)c2OCCCC)c1OCCCC. The molecule has 0 bridgehead atoms. The number of hydrogen-bond donors (Lipinski definition) is 0. The highest BCUT2D eigenvalue weighted by molar-refractivity contribution is 6.72. The van der Waals surface area contributed by atoms with Crippen molar-refractivity contribution in [2.24, 2.45) is 0 Å². The molecule has 0 radical (unpaired) electrons. The molecular formula is C29H48O4Si2. The van der Waals surface area contributed by atoms with Crippen LogP contribution in [0, 0.1) is 0 Å². The summed E-state index contributed by atoms with van der Waals surface area (Å²) >= 11 is 0. The van der Waals surface area contributed by atoms with Crippen LogP contribution in [0.15, 0.2) is 36.4 Å². The maximum absolute atomic E-state index is 6.29. The van der Waals surface area contributed by atoms with E-state index in [4.69, 9.17) is 18.9 Å². The molecule has 0 aliphatic heterocycles. The van der Waals surface area contributed by atoms with E-state index in [2.05, 4.69) is 64.1 Å². The van der Waals surface area contributed by atoms with Crippen molar-refractivity contribution in [1.29, 1.82) is 0 Å². The molecule has 0 fully saturated rings. The number of benzene rings is 2. The van der Waals surface area contributed by atoms with E-state index in [-0.39, 0.29) is 0 Å². The second-order valence-electron chi connectivity index (χ2n) is 9.15. The van der Waals surface area contributed by atoms with Crippen LogP contribution in [0.5, 0.6) is 23.0 Å². The summed E-state index contributed by atoms with van der Waals surface area (Å²) in [5, 5.41) is 2.79. The van der Waals surface area contributed by atoms with Gasteiger partial charge in [-0.2, -0.15) is 0 Å². The second kappa shape index (κ2) is 18.4. The molecule has 196 valence electrons. The normalized spacial score (nSPS) is 11.5. The van der Waals surface area contributed by atoms with Crippen molar-refractivity contribution in [3.8, 4) is 23.0 Å². The highest BCUT2D eigenvalue weighted by Gasteiger charge is 2.15. The maximum Gasteiger partial charge on any atom is 0.161 e. The van der Waals surface area contributed by atoms with Gasteiger partial charge in [0, 0.05) is 0 Å². The van der Waals surface area contributed by atoms with Gasteiger partial charge in [0.2, 0.25) is 0 Å². The second-order valence-corrected chi connectivity index (χ2v) is 14.5. The molecular weight excluding hydrogens is 468 g/mol. The first-order chi connectivity index (χ1) is 17.2. The van der Waals surface area contributed by atoms with E-state index in [1.807, 2.05) is 0 Å². The topological polar surface area (TPSA) is 36.9 Å². The van der Waals surface area contributed by atoms with Crippen LogP contribution in [-0.4, -0.2) is 45.5 Å². The Morgan fingerprint density at radius 3 is 1.26 bits per heavy atom. The molecule has 0 saturated carbocycles. The number of rotatable bonds is 20. The molecule has 0 aliphatic carbocycles. The van der Waals surface area contributed by atoms with Crippen molar-refractivity contribution in [1.82, 2.24) is 0 Å². The van der Waals surface area contributed by atoms with E-state index >= 15 is 0 Å². The van der Waals surface area contributed by atoms with E-state index in [0.717, 1.165) is 101 Å². The molecule has 2 rings (SSSR count). The Labute approximate surface area is 218 Å². The molecule has 6 heteroatoms. The van der Waals surface area contributed by atoms with Crippen molar-refractivity contribution >= 4 is 29.4 Å². The largest absolute Gasteiger partial charge is 0.490 e. The average Bonchev–Trinajstić information content (AvgIpc) is 2.87. The van der Waals surface area contributed by atoms with E-state index in [0.29, 0.717) is 0 Å². The van der Waals surface area contributed by atoms with Crippen molar-refractivity contribution < 1.29 is 18.9 Å². The van der Waals surface area contributed by atoms with Gasteiger partial charge in [-0.25, -0.2) is 0 Å². The third kappa shape index (κ3) is 10.7. The predicted molar refractivity (Wildman–Crippen MR) is 156 cm³/mol. The van der Waals surface area contributed by atoms with Crippen LogP contribution in [0.25, 0.3) is 0 Å². The highest BCUT2D eigenvalue weighted by Crippen LogP contribution is 2.27. The highest BCUT2D eigenvalue weighted by atomic mass is 28.3.